The van der Waals surface area contributed by atoms with Gasteiger partial charge in [0.2, 0.25) is 0 Å². The molecule has 0 aromatic heterocycles. The number of hydrogen-bond acceptors (Lipinski definition) is 2. The van der Waals surface area contributed by atoms with Crippen molar-refractivity contribution in [3.05, 3.63) is 0 Å². The molecule has 0 aliphatic rings. The summed E-state index contributed by atoms with van der Waals surface area (Å²) in [6, 6.07) is 0. The van der Waals surface area contributed by atoms with Crippen LogP contribution in [0.3, 0.4) is 0 Å². The summed E-state index contributed by atoms with van der Waals surface area (Å²) in [4.78, 5) is 0. The van der Waals surface area contributed by atoms with Crippen molar-refractivity contribution >= 4 is 0 Å². The molecule has 0 spiro atoms. The van der Waals surface area contributed by atoms with E-state index in [2.05, 4.69) is 13.8 Å². The van der Waals surface area contributed by atoms with Crippen LogP contribution in [0.1, 0.15) is 33.1 Å². The van der Waals surface area contributed by atoms with Crippen LogP contribution in [0, 0.1) is 0 Å². The van der Waals surface area contributed by atoms with Crippen molar-refractivity contribution in [2.45, 2.75) is 39.4 Å². The predicted molar refractivity (Wildman–Crippen MR) is 48.9 cm³/mol. The van der Waals surface area contributed by atoms with Crippen LogP contribution >= 0.6 is 0 Å². The molecule has 0 saturated carbocycles. The van der Waals surface area contributed by atoms with Crippen molar-refractivity contribution in [2.24, 2.45) is 0 Å². The number of nitrogens with one attached hydrogen (secondary N) is 1. The van der Waals surface area contributed by atoms with Gasteiger partial charge >= 0.3 is 0 Å². The van der Waals surface area contributed by atoms with Gasteiger partial charge in [0, 0.05) is 26.2 Å². The van der Waals surface area contributed by atoms with E-state index in [9.17, 15) is 0 Å². The smallest absolute Gasteiger partial charge is 0.158 e. The molecule has 0 fully saturated rings. The molecule has 1 N–H and O–H groups in total. The van der Waals surface area contributed by atoms with E-state index in [1.807, 2.05) is 0 Å². The van der Waals surface area contributed by atoms with Crippen LogP contribution in [0.15, 0.2) is 0 Å². The average molecular weight is 174 g/mol. The lowest BCUT2D eigenvalue weighted by molar-refractivity contribution is -0.144. The van der Waals surface area contributed by atoms with Crippen molar-refractivity contribution in [1.29, 1.82) is 0 Å². The van der Waals surface area contributed by atoms with Gasteiger partial charge in [0.05, 0.1) is 0 Å². The molecule has 1 radical (unpaired) electrons. The van der Waals surface area contributed by atoms with E-state index in [-0.39, 0.29) is 6.29 Å². The summed E-state index contributed by atoms with van der Waals surface area (Å²) in [5.74, 6) is 0. The Morgan fingerprint density at radius 2 is 1.58 bits per heavy atom. The fraction of sp³-hybridized carbons (Fsp3) is 1.00. The summed E-state index contributed by atoms with van der Waals surface area (Å²) in [6.07, 6.45) is 2.54. The Morgan fingerprint density at radius 1 is 1.08 bits per heavy atom. The minimum atomic E-state index is -0.151. The molecule has 0 rings (SSSR count). The van der Waals surface area contributed by atoms with Gasteiger partial charge in [0.1, 0.15) is 0 Å². The summed E-state index contributed by atoms with van der Waals surface area (Å²) in [6.45, 7) is 5.97. The summed E-state index contributed by atoms with van der Waals surface area (Å²) in [7, 11) is 0. The molecule has 0 aliphatic carbocycles. The highest BCUT2D eigenvalue weighted by atomic mass is 16.7. The van der Waals surface area contributed by atoms with Crippen molar-refractivity contribution < 1.29 is 9.47 Å². The second-order valence-electron chi connectivity index (χ2n) is 2.71. The summed E-state index contributed by atoms with van der Waals surface area (Å²) in [5, 5.41) is 0. The first-order valence-electron chi connectivity index (χ1n) is 4.72. The first kappa shape index (κ1) is 11.9. The maximum Gasteiger partial charge on any atom is 0.158 e. The molecule has 3 heteroatoms. The van der Waals surface area contributed by atoms with E-state index in [0.717, 1.165) is 26.1 Å². The number of rotatable bonds is 8. The second kappa shape index (κ2) is 8.97. The Hall–Kier alpha value is -0.120. The third-order valence-electron chi connectivity index (χ3n) is 1.40. The topological polar surface area (TPSA) is 42.3 Å². The minimum absolute atomic E-state index is 0.151. The monoisotopic (exact) mass is 174 g/mol. The molecule has 0 unspecified atom stereocenters. The van der Waals surface area contributed by atoms with Crippen molar-refractivity contribution in [3.63, 3.8) is 0 Å². The van der Waals surface area contributed by atoms with Crippen LogP contribution in [-0.2, 0) is 9.47 Å². The fourth-order valence-corrected chi connectivity index (χ4v) is 0.831. The zero-order valence-corrected chi connectivity index (χ0v) is 8.14. The van der Waals surface area contributed by atoms with Gasteiger partial charge < -0.3 is 9.47 Å². The van der Waals surface area contributed by atoms with Crippen LogP contribution in [0.5, 0.6) is 0 Å². The van der Waals surface area contributed by atoms with Crippen LogP contribution in [0.2, 0.25) is 0 Å². The number of hydrogen-bond donors (Lipinski definition) is 0. The molecule has 0 atom stereocenters. The van der Waals surface area contributed by atoms with Crippen LogP contribution < -0.4 is 5.73 Å². The van der Waals surface area contributed by atoms with E-state index in [4.69, 9.17) is 15.2 Å². The normalized spacial score (nSPS) is 11.0. The molecular weight excluding hydrogens is 154 g/mol. The molecule has 0 bridgehead atoms. The summed E-state index contributed by atoms with van der Waals surface area (Å²) >= 11 is 0. The van der Waals surface area contributed by atoms with Gasteiger partial charge in [-0.1, -0.05) is 13.8 Å². The standard InChI is InChI=1S/C9H20NO2/c1-3-7-11-9(5-6-10)12-8-4-2/h9-10H,3-8H2,1-2H3. The highest BCUT2D eigenvalue weighted by molar-refractivity contribution is 4.45. The fourth-order valence-electron chi connectivity index (χ4n) is 0.831. The minimum Gasteiger partial charge on any atom is -0.353 e. The van der Waals surface area contributed by atoms with Gasteiger partial charge in [0.25, 0.3) is 0 Å². The molecule has 0 heterocycles. The molecule has 0 amide bonds. The van der Waals surface area contributed by atoms with Crippen LogP contribution in [0.4, 0.5) is 0 Å². The first-order valence-corrected chi connectivity index (χ1v) is 4.72. The van der Waals surface area contributed by atoms with E-state index in [1.54, 1.807) is 0 Å². The average Bonchev–Trinajstić information content (AvgIpc) is 2.10. The Bertz CT molecular complexity index is 80.6. The zero-order valence-electron chi connectivity index (χ0n) is 8.14. The molecular formula is C9H20NO2. The van der Waals surface area contributed by atoms with E-state index in [0.29, 0.717) is 13.0 Å². The van der Waals surface area contributed by atoms with E-state index >= 15 is 0 Å². The first-order chi connectivity index (χ1) is 5.85. The van der Waals surface area contributed by atoms with Gasteiger partial charge in [-0.05, 0) is 12.8 Å². The molecule has 12 heavy (non-hydrogen) atoms. The molecule has 3 nitrogen and oxygen atoms in total. The molecule has 0 aromatic rings. The van der Waals surface area contributed by atoms with Crippen molar-refractivity contribution in [3.8, 4) is 0 Å². The third kappa shape index (κ3) is 6.58. The predicted octanol–water partition coefficient (Wildman–Crippen LogP) is 1.84. The summed E-state index contributed by atoms with van der Waals surface area (Å²) in [5.41, 5.74) is 7.04. The zero-order chi connectivity index (χ0) is 9.23. The Morgan fingerprint density at radius 3 is 1.92 bits per heavy atom. The van der Waals surface area contributed by atoms with Gasteiger partial charge in [0.15, 0.2) is 6.29 Å². The van der Waals surface area contributed by atoms with Crippen LogP contribution in [0.25, 0.3) is 0 Å². The lowest BCUT2D eigenvalue weighted by Crippen LogP contribution is -2.20. The quantitative estimate of drug-likeness (QED) is 0.527. The lowest BCUT2D eigenvalue weighted by atomic mass is 10.4. The van der Waals surface area contributed by atoms with E-state index < -0.39 is 0 Å². The highest BCUT2D eigenvalue weighted by Gasteiger charge is 2.06. The Balaban J connectivity index is 3.40. The maximum atomic E-state index is 7.04. The second-order valence-corrected chi connectivity index (χ2v) is 2.71. The molecule has 0 aliphatic heterocycles. The van der Waals surface area contributed by atoms with Crippen molar-refractivity contribution in [1.82, 2.24) is 5.73 Å². The Kier molecular flexibility index (Phi) is 8.88. The van der Waals surface area contributed by atoms with Gasteiger partial charge in [-0.25, -0.2) is 0 Å². The largest absolute Gasteiger partial charge is 0.353 e. The molecule has 0 saturated heterocycles. The highest BCUT2D eigenvalue weighted by Crippen LogP contribution is 2.01. The number of ether oxygens (including phenoxy) is 2. The van der Waals surface area contributed by atoms with E-state index in [1.165, 1.54) is 0 Å². The molecule has 0 aromatic carbocycles. The van der Waals surface area contributed by atoms with Gasteiger partial charge in [-0.15, -0.1) is 0 Å². The molecule has 73 valence electrons. The van der Waals surface area contributed by atoms with Gasteiger partial charge in [-0.2, -0.15) is 0 Å². The van der Waals surface area contributed by atoms with Crippen LogP contribution in [-0.4, -0.2) is 26.0 Å². The van der Waals surface area contributed by atoms with Gasteiger partial charge in [-0.3, -0.25) is 5.73 Å². The lowest BCUT2D eigenvalue weighted by Gasteiger charge is -2.16. The third-order valence-corrected chi connectivity index (χ3v) is 1.40. The Labute approximate surface area is 75.2 Å². The van der Waals surface area contributed by atoms with Crippen molar-refractivity contribution in [2.75, 3.05) is 19.8 Å². The maximum absolute atomic E-state index is 7.04. The summed E-state index contributed by atoms with van der Waals surface area (Å²) < 4.78 is 10.8. The SMILES string of the molecule is CCCOC(CC[NH])OCCC.